The highest BCUT2D eigenvalue weighted by atomic mass is 16.6. The maximum absolute atomic E-state index is 13.1. The molecular formula is C22H23N3O6. The highest BCUT2D eigenvalue weighted by molar-refractivity contribution is 6.15. The average molecular weight is 425 g/mol. The summed E-state index contributed by atoms with van der Waals surface area (Å²) in [5.41, 5.74) is 0.337. The standard InChI is InChI=1S/C22H23N3O6/c26-20(17-5-4-14-31-17)18-19(15-6-8-16(9-7-15)25(29)30)24(22(28)21(18)27)13-12-23-10-2-1-3-11-23/h4-9,14,19,27H,1-3,10-13H2. The third-order valence-electron chi connectivity index (χ3n) is 5.82. The van der Waals surface area contributed by atoms with Gasteiger partial charge in [0, 0.05) is 25.2 Å². The molecule has 162 valence electrons. The van der Waals surface area contributed by atoms with Crippen LogP contribution in [0.5, 0.6) is 0 Å². The van der Waals surface area contributed by atoms with Gasteiger partial charge < -0.3 is 19.3 Å². The minimum Gasteiger partial charge on any atom is -0.503 e. The van der Waals surface area contributed by atoms with Crippen LogP contribution in [0.1, 0.15) is 41.4 Å². The molecule has 0 aliphatic carbocycles. The number of hydrogen-bond donors (Lipinski definition) is 1. The molecule has 9 heteroatoms. The summed E-state index contributed by atoms with van der Waals surface area (Å²) in [7, 11) is 0. The predicted octanol–water partition coefficient (Wildman–Crippen LogP) is 3.25. The Bertz CT molecular complexity index is 1010. The molecule has 1 unspecified atom stereocenters. The van der Waals surface area contributed by atoms with E-state index in [4.69, 9.17) is 4.42 Å². The largest absolute Gasteiger partial charge is 0.503 e. The maximum Gasteiger partial charge on any atom is 0.290 e. The molecule has 31 heavy (non-hydrogen) atoms. The summed E-state index contributed by atoms with van der Waals surface area (Å²) in [6.07, 6.45) is 4.74. The van der Waals surface area contributed by atoms with Gasteiger partial charge in [-0.05, 0) is 55.8 Å². The first-order valence-corrected chi connectivity index (χ1v) is 10.3. The Morgan fingerprint density at radius 1 is 1.13 bits per heavy atom. The van der Waals surface area contributed by atoms with Gasteiger partial charge in [0.05, 0.1) is 22.8 Å². The van der Waals surface area contributed by atoms with E-state index >= 15 is 0 Å². The van der Waals surface area contributed by atoms with Gasteiger partial charge in [-0.15, -0.1) is 0 Å². The number of piperidine rings is 1. The van der Waals surface area contributed by atoms with E-state index in [1.54, 1.807) is 6.07 Å². The van der Waals surface area contributed by atoms with Gasteiger partial charge in [-0.1, -0.05) is 6.42 Å². The second-order valence-electron chi connectivity index (χ2n) is 7.72. The molecule has 0 spiro atoms. The summed E-state index contributed by atoms with van der Waals surface area (Å²) in [4.78, 5) is 40.2. The Hall–Kier alpha value is -3.46. The molecule has 4 rings (SSSR count). The number of ketones is 1. The lowest BCUT2D eigenvalue weighted by atomic mass is 9.95. The lowest BCUT2D eigenvalue weighted by Gasteiger charge is -2.31. The van der Waals surface area contributed by atoms with Gasteiger partial charge >= 0.3 is 0 Å². The van der Waals surface area contributed by atoms with Crippen LogP contribution in [0, 0.1) is 10.1 Å². The van der Waals surface area contributed by atoms with Gasteiger partial charge in [-0.2, -0.15) is 0 Å². The fourth-order valence-corrected chi connectivity index (χ4v) is 4.21. The van der Waals surface area contributed by atoms with Gasteiger partial charge in [-0.3, -0.25) is 19.7 Å². The van der Waals surface area contributed by atoms with Gasteiger partial charge in [0.15, 0.2) is 11.5 Å². The molecule has 1 aromatic carbocycles. The molecule has 3 heterocycles. The van der Waals surface area contributed by atoms with Crippen molar-refractivity contribution >= 4 is 17.4 Å². The van der Waals surface area contributed by atoms with Crippen LogP contribution in [-0.2, 0) is 4.79 Å². The van der Waals surface area contributed by atoms with Gasteiger partial charge in [0.2, 0.25) is 5.78 Å². The van der Waals surface area contributed by atoms with Crippen molar-refractivity contribution in [2.75, 3.05) is 26.2 Å². The summed E-state index contributed by atoms with van der Waals surface area (Å²) >= 11 is 0. The number of likely N-dealkylation sites (tertiary alicyclic amines) is 1. The van der Waals surface area contributed by atoms with Crippen molar-refractivity contribution in [2.45, 2.75) is 25.3 Å². The monoisotopic (exact) mass is 425 g/mol. The quantitative estimate of drug-likeness (QED) is 0.411. The van der Waals surface area contributed by atoms with Crippen molar-refractivity contribution in [3.05, 3.63) is 75.4 Å². The minimum absolute atomic E-state index is 0.0131. The van der Waals surface area contributed by atoms with E-state index in [0.29, 0.717) is 18.7 Å². The molecular weight excluding hydrogens is 402 g/mol. The second-order valence-corrected chi connectivity index (χ2v) is 7.72. The number of carbonyl (C=O) groups is 2. The fourth-order valence-electron chi connectivity index (χ4n) is 4.21. The number of carbonyl (C=O) groups excluding carboxylic acids is 2. The third kappa shape index (κ3) is 4.09. The zero-order chi connectivity index (χ0) is 22.0. The van der Waals surface area contributed by atoms with Crippen molar-refractivity contribution in [1.29, 1.82) is 0 Å². The number of nitrogens with zero attached hydrogens (tertiary/aromatic N) is 3. The first-order valence-electron chi connectivity index (χ1n) is 10.3. The van der Waals surface area contributed by atoms with Crippen LogP contribution in [-0.4, -0.2) is 57.7 Å². The topological polar surface area (TPSA) is 117 Å². The number of rotatable bonds is 7. The third-order valence-corrected chi connectivity index (χ3v) is 5.82. The number of furan rings is 1. The van der Waals surface area contributed by atoms with E-state index in [1.165, 1.54) is 47.9 Å². The maximum atomic E-state index is 13.1. The first-order chi connectivity index (χ1) is 15.0. The molecule has 1 aromatic heterocycles. The van der Waals surface area contributed by atoms with Crippen molar-refractivity contribution in [2.24, 2.45) is 0 Å². The molecule has 0 radical (unpaired) electrons. The number of non-ortho nitro benzene ring substituents is 1. The van der Waals surface area contributed by atoms with Crippen molar-refractivity contribution in [1.82, 2.24) is 9.80 Å². The smallest absolute Gasteiger partial charge is 0.290 e. The number of Topliss-reactive ketones (excluding diaryl/α,β-unsaturated/α-hetero) is 1. The van der Waals surface area contributed by atoms with Crippen LogP contribution >= 0.6 is 0 Å². The van der Waals surface area contributed by atoms with Crippen molar-refractivity contribution < 1.29 is 24.0 Å². The zero-order valence-corrected chi connectivity index (χ0v) is 16.9. The Morgan fingerprint density at radius 2 is 1.84 bits per heavy atom. The predicted molar refractivity (Wildman–Crippen MR) is 111 cm³/mol. The molecule has 1 N–H and O–H groups in total. The normalized spacial score (nSPS) is 19.8. The Balaban J connectivity index is 1.67. The number of amides is 1. The van der Waals surface area contributed by atoms with Crippen LogP contribution < -0.4 is 0 Å². The van der Waals surface area contributed by atoms with Crippen LogP contribution in [0.15, 0.2) is 58.4 Å². The van der Waals surface area contributed by atoms with E-state index in [-0.39, 0.29) is 17.0 Å². The Kier molecular flexibility index (Phi) is 5.85. The zero-order valence-electron chi connectivity index (χ0n) is 16.9. The molecule has 2 aromatic rings. The van der Waals surface area contributed by atoms with Crippen LogP contribution in [0.25, 0.3) is 0 Å². The van der Waals surface area contributed by atoms with E-state index in [0.717, 1.165) is 25.9 Å². The molecule has 9 nitrogen and oxygen atoms in total. The number of nitro benzene ring substituents is 1. The molecule has 0 bridgehead atoms. The van der Waals surface area contributed by atoms with Gasteiger partial charge in [0.1, 0.15) is 0 Å². The average Bonchev–Trinajstić information content (AvgIpc) is 3.41. The summed E-state index contributed by atoms with van der Waals surface area (Å²) in [5.74, 6) is -1.81. The highest BCUT2D eigenvalue weighted by Gasteiger charge is 2.44. The summed E-state index contributed by atoms with van der Waals surface area (Å²) in [5, 5.41) is 21.6. The molecule has 1 atom stereocenters. The van der Waals surface area contributed by atoms with Gasteiger partial charge in [0.25, 0.3) is 11.6 Å². The van der Waals surface area contributed by atoms with E-state index in [9.17, 15) is 24.8 Å². The lowest BCUT2D eigenvalue weighted by Crippen LogP contribution is -2.40. The Morgan fingerprint density at radius 3 is 2.45 bits per heavy atom. The van der Waals surface area contributed by atoms with Crippen molar-refractivity contribution in [3.63, 3.8) is 0 Å². The molecule has 1 saturated heterocycles. The van der Waals surface area contributed by atoms with E-state index in [2.05, 4.69) is 4.90 Å². The van der Waals surface area contributed by atoms with Crippen LogP contribution in [0.4, 0.5) is 5.69 Å². The summed E-state index contributed by atoms with van der Waals surface area (Å²) < 4.78 is 5.19. The number of nitro groups is 1. The van der Waals surface area contributed by atoms with Crippen molar-refractivity contribution in [3.8, 4) is 0 Å². The summed E-state index contributed by atoms with van der Waals surface area (Å²) in [6.45, 7) is 2.83. The van der Waals surface area contributed by atoms with Gasteiger partial charge in [-0.25, -0.2) is 0 Å². The summed E-state index contributed by atoms with van der Waals surface area (Å²) in [6, 6.07) is 7.85. The molecule has 1 fully saturated rings. The number of aliphatic hydroxyl groups is 1. The minimum atomic E-state index is -0.851. The van der Waals surface area contributed by atoms with Crippen LogP contribution in [0.2, 0.25) is 0 Å². The number of aliphatic hydroxyl groups excluding tert-OH is 1. The molecule has 1 amide bonds. The lowest BCUT2D eigenvalue weighted by molar-refractivity contribution is -0.384. The fraction of sp³-hybridized carbons (Fsp3) is 0.364. The molecule has 2 aliphatic heterocycles. The highest BCUT2D eigenvalue weighted by Crippen LogP contribution is 2.39. The molecule has 2 aliphatic rings. The SMILES string of the molecule is O=C(C1=C(O)C(=O)N(CCN2CCCCC2)C1c1ccc([N+](=O)[O-])cc1)c1ccco1. The number of hydrogen-bond acceptors (Lipinski definition) is 7. The van der Waals surface area contributed by atoms with Crippen LogP contribution in [0.3, 0.4) is 0 Å². The Labute approximate surface area is 178 Å². The first kappa shape index (κ1) is 20.8. The molecule has 0 saturated carbocycles. The van der Waals surface area contributed by atoms with E-state index in [1.807, 2.05) is 0 Å². The number of benzene rings is 1. The van der Waals surface area contributed by atoms with E-state index < -0.39 is 28.4 Å². The second kappa shape index (κ2) is 8.73.